The maximum atomic E-state index is 8.64. The Balaban J connectivity index is 2.37. The van der Waals surface area contributed by atoms with Gasteiger partial charge in [0.1, 0.15) is 0 Å². The Morgan fingerprint density at radius 2 is 1.92 bits per heavy atom. The van der Waals surface area contributed by atoms with E-state index in [1.54, 1.807) is 0 Å². The van der Waals surface area contributed by atoms with Crippen molar-refractivity contribution in [1.82, 2.24) is 0 Å². The van der Waals surface area contributed by atoms with Crippen LogP contribution in [0.1, 0.15) is 32.1 Å². The van der Waals surface area contributed by atoms with Gasteiger partial charge in [0.25, 0.3) is 0 Å². The molecule has 1 saturated carbocycles. The van der Waals surface area contributed by atoms with Crippen LogP contribution in [-0.4, -0.2) is 30.5 Å². The molecule has 1 rings (SSSR count). The lowest BCUT2D eigenvalue weighted by Crippen LogP contribution is -2.43. The molecule has 0 amide bonds. The van der Waals surface area contributed by atoms with Crippen LogP contribution in [0.3, 0.4) is 0 Å². The van der Waals surface area contributed by atoms with Crippen LogP contribution in [0.4, 0.5) is 0 Å². The largest absolute Gasteiger partial charge is 0.394 e. The average Bonchev–Trinajstić information content (AvgIpc) is 2.16. The maximum absolute atomic E-state index is 8.64. The first kappa shape index (κ1) is 9.96. The van der Waals surface area contributed by atoms with Crippen molar-refractivity contribution in [3.8, 4) is 0 Å². The summed E-state index contributed by atoms with van der Waals surface area (Å²) in [4.78, 5) is 0. The summed E-state index contributed by atoms with van der Waals surface area (Å²) in [5.41, 5.74) is 5.56. The summed E-state index contributed by atoms with van der Waals surface area (Å²) in [5.74, 6) is 0. The summed E-state index contributed by atoms with van der Waals surface area (Å²) < 4.78 is 5.59. The molecule has 0 aromatic carbocycles. The van der Waals surface area contributed by atoms with Crippen molar-refractivity contribution in [2.75, 3.05) is 19.8 Å². The summed E-state index contributed by atoms with van der Waals surface area (Å²) >= 11 is 0. The monoisotopic (exact) mass is 173 g/mol. The molecule has 0 bridgehead atoms. The molecular formula is C9H19NO2. The Labute approximate surface area is 73.9 Å². The molecule has 3 heteroatoms. The second-order valence-electron chi connectivity index (χ2n) is 3.52. The van der Waals surface area contributed by atoms with Gasteiger partial charge in [0.2, 0.25) is 0 Å². The number of hydrogen-bond acceptors (Lipinski definition) is 3. The zero-order valence-corrected chi connectivity index (χ0v) is 7.59. The minimum Gasteiger partial charge on any atom is -0.394 e. The molecule has 1 aliphatic carbocycles. The van der Waals surface area contributed by atoms with E-state index in [2.05, 4.69) is 0 Å². The molecule has 3 nitrogen and oxygen atoms in total. The number of rotatable bonds is 4. The van der Waals surface area contributed by atoms with E-state index < -0.39 is 0 Å². The van der Waals surface area contributed by atoms with Gasteiger partial charge in [-0.15, -0.1) is 0 Å². The molecule has 12 heavy (non-hydrogen) atoms. The van der Waals surface area contributed by atoms with Crippen LogP contribution in [-0.2, 0) is 4.74 Å². The molecule has 1 fully saturated rings. The lowest BCUT2D eigenvalue weighted by atomic mass is 9.85. The van der Waals surface area contributed by atoms with Crippen LogP contribution in [0.25, 0.3) is 0 Å². The third kappa shape index (κ3) is 2.44. The topological polar surface area (TPSA) is 55.5 Å². The van der Waals surface area contributed by atoms with Crippen molar-refractivity contribution in [2.24, 2.45) is 5.73 Å². The Kier molecular flexibility index (Phi) is 3.98. The van der Waals surface area contributed by atoms with Gasteiger partial charge in [-0.05, 0) is 12.8 Å². The van der Waals surface area contributed by atoms with E-state index in [0.29, 0.717) is 13.2 Å². The maximum Gasteiger partial charge on any atom is 0.0805 e. The average molecular weight is 173 g/mol. The van der Waals surface area contributed by atoms with Gasteiger partial charge in [0.05, 0.1) is 18.8 Å². The molecule has 0 atom stereocenters. The van der Waals surface area contributed by atoms with E-state index in [4.69, 9.17) is 15.6 Å². The molecule has 0 aromatic rings. The van der Waals surface area contributed by atoms with Crippen molar-refractivity contribution >= 4 is 0 Å². The van der Waals surface area contributed by atoms with Gasteiger partial charge in [-0.3, -0.25) is 0 Å². The fourth-order valence-electron chi connectivity index (χ4n) is 1.87. The number of aliphatic hydroxyl groups excluding tert-OH is 1. The van der Waals surface area contributed by atoms with Crippen LogP contribution in [0.15, 0.2) is 0 Å². The highest BCUT2D eigenvalue weighted by Gasteiger charge is 2.30. The highest BCUT2D eigenvalue weighted by molar-refractivity contribution is 4.85. The van der Waals surface area contributed by atoms with Gasteiger partial charge in [-0.25, -0.2) is 0 Å². The molecule has 0 aromatic heterocycles. The summed E-state index contributed by atoms with van der Waals surface area (Å²) in [5, 5.41) is 8.64. The van der Waals surface area contributed by atoms with Gasteiger partial charge in [-0.2, -0.15) is 0 Å². The van der Waals surface area contributed by atoms with Crippen LogP contribution in [0.2, 0.25) is 0 Å². The van der Waals surface area contributed by atoms with E-state index in [-0.39, 0.29) is 12.2 Å². The third-order valence-corrected chi connectivity index (χ3v) is 2.64. The molecule has 0 heterocycles. The summed E-state index contributed by atoms with van der Waals surface area (Å²) in [7, 11) is 0. The van der Waals surface area contributed by atoms with Crippen LogP contribution >= 0.6 is 0 Å². The van der Waals surface area contributed by atoms with E-state index in [0.717, 1.165) is 12.8 Å². The van der Waals surface area contributed by atoms with Crippen molar-refractivity contribution in [3.05, 3.63) is 0 Å². The third-order valence-electron chi connectivity index (χ3n) is 2.64. The van der Waals surface area contributed by atoms with Gasteiger partial charge in [0, 0.05) is 6.54 Å². The second-order valence-corrected chi connectivity index (χ2v) is 3.52. The zero-order valence-electron chi connectivity index (χ0n) is 7.59. The van der Waals surface area contributed by atoms with E-state index in [9.17, 15) is 0 Å². The molecule has 0 saturated heterocycles. The number of aliphatic hydroxyl groups is 1. The minimum absolute atomic E-state index is 0.0990. The molecule has 1 aliphatic rings. The van der Waals surface area contributed by atoms with Crippen molar-refractivity contribution < 1.29 is 9.84 Å². The standard InChI is InChI=1S/C9H19NO2/c10-8-9(12-7-6-11)4-2-1-3-5-9/h11H,1-8,10H2. The molecule has 0 radical (unpaired) electrons. The van der Waals surface area contributed by atoms with Crippen LogP contribution < -0.4 is 5.73 Å². The smallest absolute Gasteiger partial charge is 0.0805 e. The Bertz CT molecular complexity index is 122. The fraction of sp³-hybridized carbons (Fsp3) is 1.00. The van der Waals surface area contributed by atoms with Crippen molar-refractivity contribution in [3.63, 3.8) is 0 Å². The molecule has 3 N–H and O–H groups in total. The van der Waals surface area contributed by atoms with Crippen LogP contribution in [0, 0.1) is 0 Å². The number of nitrogens with two attached hydrogens (primary N) is 1. The number of hydrogen-bond donors (Lipinski definition) is 2. The molecule has 0 aliphatic heterocycles. The molecule has 72 valence electrons. The minimum atomic E-state index is -0.110. The van der Waals surface area contributed by atoms with Crippen LogP contribution in [0.5, 0.6) is 0 Å². The first-order valence-electron chi connectivity index (χ1n) is 4.78. The summed E-state index contributed by atoms with van der Waals surface area (Å²) in [6, 6.07) is 0. The van der Waals surface area contributed by atoms with Gasteiger partial charge in [0.15, 0.2) is 0 Å². The van der Waals surface area contributed by atoms with E-state index >= 15 is 0 Å². The predicted octanol–water partition coefficient (Wildman–Crippen LogP) is 0.657. The van der Waals surface area contributed by atoms with E-state index in [1.807, 2.05) is 0 Å². The molecule has 0 unspecified atom stereocenters. The zero-order chi connectivity index (χ0) is 8.86. The van der Waals surface area contributed by atoms with Crippen molar-refractivity contribution in [1.29, 1.82) is 0 Å². The lowest BCUT2D eigenvalue weighted by molar-refractivity contribution is -0.0736. The van der Waals surface area contributed by atoms with Gasteiger partial charge in [-0.1, -0.05) is 19.3 Å². The summed E-state index contributed by atoms with van der Waals surface area (Å²) in [6.45, 7) is 1.12. The lowest BCUT2D eigenvalue weighted by Gasteiger charge is -2.35. The Hall–Kier alpha value is -0.120. The summed E-state index contributed by atoms with van der Waals surface area (Å²) in [6.07, 6.45) is 5.84. The first-order valence-corrected chi connectivity index (χ1v) is 4.78. The van der Waals surface area contributed by atoms with Gasteiger partial charge < -0.3 is 15.6 Å². The predicted molar refractivity (Wildman–Crippen MR) is 47.9 cm³/mol. The highest BCUT2D eigenvalue weighted by Crippen LogP contribution is 2.30. The van der Waals surface area contributed by atoms with Gasteiger partial charge >= 0.3 is 0 Å². The Morgan fingerprint density at radius 3 is 2.42 bits per heavy atom. The Morgan fingerprint density at radius 1 is 1.25 bits per heavy atom. The fourth-order valence-corrected chi connectivity index (χ4v) is 1.87. The highest BCUT2D eigenvalue weighted by atomic mass is 16.5. The first-order chi connectivity index (χ1) is 5.83. The second kappa shape index (κ2) is 4.80. The van der Waals surface area contributed by atoms with E-state index in [1.165, 1.54) is 19.3 Å². The quantitative estimate of drug-likeness (QED) is 0.656. The SMILES string of the molecule is NCC1(OCCO)CCCCC1. The normalized spacial score (nSPS) is 22.5. The molecular weight excluding hydrogens is 154 g/mol. The number of ether oxygens (including phenoxy) is 1. The molecule has 0 spiro atoms. The van der Waals surface area contributed by atoms with Crippen molar-refractivity contribution in [2.45, 2.75) is 37.7 Å².